The highest BCUT2D eigenvalue weighted by Gasteiger charge is 2.45. The van der Waals surface area contributed by atoms with Crippen LogP contribution < -0.4 is 104 Å². The Hall–Kier alpha value is -10.4. The lowest BCUT2D eigenvalue weighted by Crippen LogP contribution is -2.61. The van der Waals surface area contributed by atoms with E-state index in [2.05, 4.69) is 63.8 Å². The fourth-order valence-electron chi connectivity index (χ4n) is 13.4. The van der Waals surface area contributed by atoms with Crippen LogP contribution >= 0.6 is 0 Å². The highest BCUT2D eigenvalue weighted by atomic mass is 16.4. The van der Waals surface area contributed by atoms with E-state index in [1.165, 1.54) is 35.5 Å². The number of guanidine groups is 1. The quantitative estimate of drug-likeness (QED) is 0.0153. The van der Waals surface area contributed by atoms with E-state index in [1.54, 1.807) is 27.7 Å². The monoisotopic (exact) mass is 1650 g/mol. The van der Waals surface area contributed by atoms with Crippen LogP contribution in [0, 0.1) is 17.2 Å². The van der Waals surface area contributed by atoms with Crippen molar-refractivity contribution in [2.75, 3.05) is 45.8 Å². The van der Waals surface area contributed by atoms with Crippen LogP contribution in [-0.2, 0) is 86.3 Å². The number of hydrogen-bond donors (Lipinski definition) is 22. The van der Waals surface area contributed by atoms with Crippen molar-refractivity contribution in [3.05, 3.63) is 0 Å². The third-order valence-corrected chi connectivity index (χ3v) is 20.2. The lowest BCUT2D eigenvalue weighted by Gasteiger charge is -2.33. The van der Waals surface area contributed by atoms with E-state index in [0.29, 0.717) is 45.1 Å². The molecule has 43 nitrogen and oxygen atoms in total. The van der Waals surface area contributed by atoms with Crippen LogP contribution in [0.15, 0.2) is 0 Å². The molecule has 43 heteroatoms. The van der Waals surface area contributed by atoms with E-state index < -0.39 is 228 Å². The molecular formula is C73H127N23O20. The maximum absolute atomic E-state index is 14.8. The lowest BCUT2D eigenvalue weighted by molar-refractivity contribution is -0.145. The van der Waals surface area contributed by atoms with E-state index in [0.717, 1.165) is 0 Å². The van der Waals surface area contributed by atoms with E-state index in [9.17, 15) is 96.5 Å². The van der Waals surface area contributed by atoms with Gasteiger partial charge in [0, 0.05) is 45.4 Å². The molecule has 0 aliphatic carbocycles. The van der Waals surface area contributed by atoms with Crippen molar-refractivity contribution in [2.45, 2.75) is 287 Å². The number of hydrogen-bond acceptors (Lipinski definition) is 23. The molecule has 3 aliphatic heterocycles. The molecule has 3 aliphatic rings. The van der Waals surface area contributed by atoms with Crippen LogP contribution in [0.4, 0.5) is 0 Å². The molecule has 3 heterocycles. The predicted octanol–water partition coefficient (Wildman–Crippen LogP) is -6.88. The topological polar surface area (TPSA) is 708 Å². The Balaban J connectivity index is 1.82. The van der Waals surface area contributed by atoms with Crippen LogP contribution in [0.2, 0.25) is 0 Å². The number of rotatable bonds is 53. The second-order valence-electron chi connectivity index (χ2n) is 30.3. The molecule has 3 saturated heterocycles. The molecule has 3 rings (SSSR count). The number of carbonyl (C=O) groups is 18. The molecule has 116 heavy (non-hydrogen) atoms. The summed E-state index contributed by atoms with van der Waals surface area (Å²) in [6.45, 7) is 11.2. The summed E-state index contributed by atoms with van der Waals surface area (Å²) >= 11 is 0. The standard InChI is InChI=1S/C73H127N23O20/c1-38(2)56(68(111)85-40(5)58(101)83-41(6)60(103)91-49(72(115)116)26-29-54(79)98)92-64(107)44(19-9-12-32-75)86-63(106)45(21-14-34-82-73(80)81)87-65(108)50-22-15-35-94(50)69(112)47(20-10-13-33-76)89-59(102)42(7)84-62(105)46(25-28-53(78)97)88-66(109)51-23-17-37-96(51)71(114)57(39(3)4)93-67(110)52-24-16-36-95(52)70(113)48(27-30-55(99)100)90-61(104)43(77)18-8-11-31-74/h38-52,56-57H,8-37,74-77H2,1-7H3,(H2,78,97)(H2,79,98)(H,83,101)(H,84,105)(H,85,111)(H,86,106)(H,87,108)(H,88,109)(H,89,102)(H,90,104)(H,91,103)(H,92,107)(H,93,110)(H,99,100)(H,115,116)(H4,80,81,82)/t40-,41-,42-,43-,44-,45-,46-,47-,48-,49-,50-,51+,52-,56-,57-/m0/s1. The molecule has 15 atom stereocenters. The van der Waals surface area contributed by atoms with Crippen molar-refractivity contribution in [1.82, 2.24) is 78.5 Å². The number of aliphatic carboxylic acids is 2. The largest absolute Gasteiger partial charge is 0.481 e. The van der Waals surface area contributed by atoms with Crippen molar-refractivity contribution in [2.24, 2.45) is 52.0 Å². The average Bonchev–Trinajstić information content (AvgIpc) is 1.63. The van der Waals surface area contributed by atoms with Gasteiger partial charge in [-0.25, -0.2) is 4.79 Å². The third kappa shape index (κ3) is 33.4. The molecule has 29 N–H and O–H groups in total. The number of carboxylic acids is 2. The molecule has 0 aromatic rings. The summed E-state index contributed by atoms with van der Waals surface area (Å²) in [5.41, 5.74) is 39.5. The van der Waals surface area contributed by atoms with E-state index >= 15 is 0 Å². The Bertz CT molecular complexity index is 3420. The lowest BCUT2D eigenvalue weighted by atomic mass is 10.0. The van der Waals surface area contributed by atoms with Gasteiger partial charge in [-0.15, -0.1) is 0 Å². The molecule has 0 aromatic carbocycles. The number of nitrogens with two attached hydrogens (primary N) is 7. The fraction of sp³-hybridized carbons (Fsp3) is 0.740. The first kappa shape index (κ1) is 99.8. The van der Waals surface area contributed by atoms with Crippen LogP contribution in [0.5, 0.6) is 0 Å². The second-order valence-corrected chi connectivity index (χ2v) is 30.3. The molecule has 654 valence electrons. The SMILES string of the molecule is CC(C)[C@H](NC(=O)[C@H](CCCCN)NC(=O)[C@H](CCCNC(=N)N)NC(=O)[C@@H]1CCCN1C(=O)[C@H](CCCCN)NC(=O)[C@H](C)NC(=O)[C@H](CCC(N)=O)NC(=O)[C@H]1CCCN1C(=O)[C@@H](NC(=O)[C@@H]1CCCN1C(=O)[C@H](CCC(=O)O)NC(=O)[C@@H](N)CCCCN)C(C)C)C(=O)N[C@@H](C)C(=O)N[C@@H](C)C(=O)N[C@@H](CCC(N)=O)C(=O)O. The minimum absolute atomic E-state index is 0.00456. The fourth-order valence-corrected chi connectivity index (χ4v) is 13.4. The molecule has 0 radical (unpaired) electrons. The van der Waals surface area contributed by atoms with Gasteiger partial charge in [-0.1, -0.05) is 34.1 Å². The number of carbonyl (C=O) groups excluding carboxylic acids is 16. The number of likely N-dealkylation sites (tertiary alicyclic amines) is 3. The number of primary amides is 2. The van der Waals surface area contributed by atoms with Gasteiger partial charge < -0.3 is 129 Å². The molecular weight excluding hydrogens is 1520 g/mol. The molecule has 0 unspecified atom stereocenters. The van der Waals surface area contributed by atoms with Crippen molar-refractivity contribution in [3.63, 3.8) is 0 Å². The van der Waals surface area contributed by atoms with E-state index in [4.69, 9.17) is 45.5 Å². The van der Waals surface area contributed by atoms with E-state index in [1.807, 2.05) is 0 Å². The second kappa shape index (κ2) is 50.8. The van der Waals surface area contributed by atoms with Gasteiger partial charge in [0.15, 0.2) is 5.96 Å². The molecule has 0 aromatic heterocycles. The number of carboxylic acid groups (broad SMARTS) is 2. The Labute approximate surface area is 674 Å². The molecule has 0 saturated carbocycles. The zero-order chi connectivity index (χ0) is 87.2. The summed E-state index contributed by atoms with van der Waals surface area (Å²) in [7, 11) is 0. The summed E-state index contributed by atoms with van der Waals surface area (Å²) in [5.74, 6) is -17.4. The van der Waals surface area contributed by atoms with Gasteiger partial charge in [-0.2, -0.15) is 0 Å². The maximum Gasteiger partial charge on any atom is 0.326 e. The van der Waals surface area contributed by atoms with Gasteiger partial charge in [0.2, 0.25) is 94.5 Å². The van der Waals surface area contributed by atoms with Gasteiger partial charge in [-0.05, 0) is 174 Å². The van der Waals surface area contributed by atoms with Gasteiger partial charge >= 0.3 is 11.9 Å². The minimum Gasteiger partial charge on any atom is -0.481 e. The van der Waals surface area contributed by atoms with Crippen molar-refractivity contribution >= 4 is 112 Å². The average molecular weight is 1650 g/mol. The number of unbranched alkanes of at least 4 members (excludes halogenated alkanes) is 3. The van der Waals surface area contributed by atoms with E-state index in [-0.39, 0.29) is 136 Å². The van der Waals surface area contributed by atoms with Crippen LogP contribution in [0.1, 0.15) is 196 Å². The number of nitrogens with one attached hydrogen (secondary N) is 13. The first-order chi connectivity index (χ1) is 54.7. The normalized spacial score (nSPS) is 18.3. The molecule has 3 fully saturated rings. The summed E-state index contributed by atoms with van der Waals surface area (Å²) in [4.78, 5) is 248. The molecule has 0 bridgehead atoms. The smallest absolute Gasteiger partial charge is 0.326 e. The van der Waals surface area contributed by atoms with Gasteiger partial charge in [0.05, 0.1) is 6.04 Å². The maximum atomic E-state index is 14.8. The molecule has 0 spiro atoms. The predicted molar refractivity (Wildman–Crippen MR) is 419 cm³/mol. The first-order valence-electron chi connectivity index (χ1n) is 39.9. The zero-order valence-corrected chi connectivity index (χ0v) is 67.7. The van der Waals surface area contributed by atoms with Gasteiger partial charge in [-0.3, -0.25) is 86.9 Å². The number of nitrogens with zero attached hydrogens (tertiary/aromatic N) is 3. The Morgan fingerprint density at radius 3 is 1.16 bits per heavy atom. The number of amides is 16. The van der Waals surface area contributed by atoms with Crippen LogP contribution in [0.3, 0.4) is 0 Å². The zero-order valence-electron chi connectivity index (χ0n) is 67.7. The summed E-state index contributed by atoms with van der Waals surface area (Å²) < 4.78 is 0. The van der Waals surface area contributed by atoms with Crippen molar-refractivity contribution in [1.29, 1.82) is 5.41 Å². The summed E-state index contributed by atoms with van der Waals surface area (Å²) in [5, 5.41) is 57.6. The minimum atomic E-state index is -1.55. The Morgan fingerprint density at radius 1 is 0.371 bits per heavy atom. The highest BCUT2D eigenvalue weighted by molar-refractivity contribution is 6.01. The highest BCUT2D eigenvalue weighted by Crippen LogP contribution is 2.26. The van der Waals surface area contributed by atoms with Crippen LogP contribution in [0.25, 0.3) is 0 Å². The first-order valence-corrected chi connectivity index (χ1v) is 39.9. The summed E-state index contributed by atoms with van der Waals surface area (Å²) in [6.07, 6.45) is 1.64. The van der Waals surface area contributed by atoms with Crippen molar-refractivity contribution < 1.29 is 96.5 Å². The van der Waals surface area contributed by atoms with Crippen molar-refractivity contribution in [3.8, 4) is 0 Å². The summed E-state index contributed by atoms with van der Waals surface area (Å²) in [6, 6.07) is -19.9. The third-order valence-electron chi connectivity index (χ3n) is 20.2. The van der Waals surface area contributed by atoms with Crippen LogP contribution in [-0.4, -0.2) is 274 Å². The Kier molecular flexibility index (Phi) is 43.7. The Morgan fingerprint density at radius 2 is 0.716 bits per heavy atom. The van der Waals surface area contributed by atoms with Gasteiger partial charge in [0.1, 0.15) is 84.6 Å². The van der Waals surface area contributed by atoms with Gasteiger partial charge in [0.25, 0.3) is 0 Å². The molecule has 16 amide bonds.